The average molecular weight is 391 g/mol. The van der Waals surface area contributed by atoms with Gasteiger partial charge in [0.2, 0.25) is 5.78 Å². The molecule has 0 saturated heterocycles. The first-order valence-corrected chi connectivity index (χ1v) is 9.50. The van der Waals surface area contributed by atoms with Crippen molar-refractivity contribution in [2.24, 2.45) is 0 Å². The van der Waals surface area contributed by atoms with Crippen molar-refractivity contribution in [3.63, 3.8) is 0 Å². The van der Waals surface area contributed by atoms with E-state index < -0.39 is 17.7 Å². The van der Waals surface area contributed by atoms with Gasteiger partial charge in [-0.3, -0.25) is 4.79 Å². The number of H-pyrrole nitrogens is 1. The highest BCUT2D eigenvalue weighted by molar-refractivity contribution is 6.09. The van der Waals surface area contributed by atoms with E-state index in [-0.39, 0.29) is 11.8 Å². The molecule has 1 heterocycles. The molecule has 2 atom stereocenters. The normalized spacial score (nSPS) is 13.3. The van der Waals surface area contributed by atoms with Gasteiger partial charge in [0.25, 0.3) is 0 Å². The van der Waals surface area contributed by atoms with Crippen LogP contribution in [-0.4, -0.2) is 10.8 Å². The number of quaternary nitrogens is 1. The number of hydrogen-bond donors (Lipinski definition) is 2. The number of nitrogens with two attached hydrogens (primary N) is 1. The molecule has 29 heavy (non-hydrogen) atoms. The maximum atomic E-state index is 14.3. The third-order valence-electron chi connectivity index (χ3n) is 5.23. The quantitative estimate of drug-likeness (QED) is 0.460. The van der Waals surface area contributed by atoms with E-state index in [0.29, 0.717) is 11.1 Å². The number of hydrogen-bond acceptors (Lipinski definition) is 1. The molecule has 0 unspecified atom stereocenters. The first kappa shape index (κ1) is 19.0. The minimum absolute atomic E-state index is 0.0666. The highest BCUT2D eigenvalue weighted by atomic mass is 19.1. The van der Waals surface area contributed by atoms with Gasteiger partial charge in [0.15, 0.2) is 6.04 Å². The topological polar surface area (TPSA) is 49.5 Å². The number of halogens is 2. The summed E-state index contributed by atoms with van der Waals surface area (Å²) < 4.78 is 27.6. The van der Waals surface area contributed by atoms with E-state index in [0.717, 1.165) is 22.5 Å². The summed E-state index contributed by atoms with van der Waals surface area (Å²) in [4.78, 5) is 16.7. The zero-order valence-electron chi connectivity index (χ0n) is 15.9. The molecule has 4 aromatic rings. The summed E-state index contributed by atoms with van der Waals surface area (Å²) in [6.07, 6.45) is 1.72. The molecule has 0 aliphatic rings. The molecule has 0 saturated carbocycles. The van der Waals surface area contributed by atoms with Crippen LogP contribution in [0.1, 0.15) is 40.5 Å². The SMILES string of the molecule is C[C@H]([NH2+][C@@H](C(=O)c1c[nH]c2ccccc12)c1ccccc1)c1ccc(F)cc1F. The summed E-state index contributed by atoms with van der Waals surface area (Å²) in [6.45, 7) is 1.81. The van der Waals surface area contributed by atoms with Crippen LogP contribution < -0.4 is 5.32 Å². The predicted octanol–water partition coefficient (Wildman–Crippen LogP) is 4.69. The fraction of sp³-hybridized carbons (Fsp3) is 0.125. The van der Waals surface area contributed by atoms with Crippen LogP contribution in [0.4, 0.5) is 8.78 Å². The molecule has 1 aromatic heterocycles. The zero-order valence-corrected chi connectivity index (χ0v) is 15.9. The third-order valence-corrected chi connectivity index (χ3v) is 5.23. The molecule has 0 bridgehead atoms. The number of ketones is 1. The largest absolute Gasteiger partial charge is 0.360 e. The summed E-state index contributed by atoms with van der Waals surface area (Å²) in [6, 6.07) is 19.7. The second-order valence-corrected chi connectivity index (χ2v) is 7.15. The fourth-order valence-electron chi connectivity index (χ4n) is 3.72. The fourth-order valence-corrected chi connectivity index (χ4v) is 3.72. The molecule has 3 N–H and O–H groups in total. The van der Waals surface area contributed by atoms with Crippen molar-refractivity contribution in [2.45, 2.75) is 19.0 Å². The van der Waals surface area contributed by atoms with Gasteiger partial charge in [0.05, 0.1) is 0 Å². The van der Waals surface area contributed by atoms with Crippen LogP contribution in [0.5, 0.6) is 0 Å². The van der Waals surface area contributed by atoms with E-state index >= 15 is 0 Å². The molecule has 146 valence electrons. The van der Waals surface area contributed by atoms with Crippen LogP contribution in [0.3, 0.4) is 0 Å². The summed E-state index contributed by atoms with van der Waals surface area (Å²) in [5, 5.41) is 2.68. The van der Waals surface area contributed by atoms with Crippen LogP contribution in [0.25, 0.3) is 10.9 Å². The van der Waals surface area contributed by atoms with Crippen molar-refractivity contribution in [3.8, 4) is 0 Å². The molecular formula is C24H21F2N2O+. The number of aromatic amines is 1. The number of aromatic nitrogens is 1. The Balaban J connectivity index is 1.71. The second-order valence-electron chi connectivity index (χ2n) is 7.15. The van der Waals surface area contributed by atoms with Crippen molar-refractivity contribution >= 4 is 16.7 Å². The second kappa shape index (κ2) is 7.97. The van der Waals surface area contributed by atoms with Crippen LogP contribution in [0, 0.1) is 11.6 Å². The molecule has 0 aliphatic heterocycles. The Morgan fingerprint density at radius 2 is 1.69 bits per heavy atom. The van der Waals surface area contributed by atoms with E-state index in [1.54, 1.807) is 6.20 Å². The molecule has 0 spiro atoms. The maximum absolute atomic E-state index is 14.3. The molecule has 3 aromatic carbocycles. The number of Topliss-reactive ketones (excluding diaryl/α,β-unsaturated/α-hetero) is 1. The van der Waals surface area contributed by atoms with Gasteiger partial charge in [-0.15, -0.1) is 0 Å². The monoisotopic (exact) mass is 391 g/mol. The molecule has 0 amide bonds. The molecule has 0 radical (unpaired) electrons. The number of fused-ring (bicyclic) bond motifs is 1. The predicted molar refractivity (Wildman–Crippen MR) is 109 cm³/mol. The van der Waals surface area contributed by atoms with Crippen molar-refractivity contribution in [1.29, 1.82) is 0 Å². The van der Waals surface area contributed by atoms with Crippen LogP contribution in [0.15, 0.2) is 79.0 Å². The number of benzene rings is 3. The highest BCUT2D eigenvalue weighted by Crippen LogP contribution is 2.24. The summed E-state index contributed by atoms with van der Waals surface area (Å²) in [7, 11) is 0. The lowest BCUT2D eigenvalue weighted by molar-refractivity contribution is -0.718. The number of para-hydroxylation sites is 1. The van der Waals surface area contributed by atoms with Crippen LogP contribution in [0.2, 0.25) is 0 Å². The van der Waals surface area contributed by atoms with Gasteiger partial charge in [0, 0.05) is 39.9 Å². The molecule has 0 aliphatic carbocycles. The maximum Gasteiger partial charge on any atom is 0.226 e. The van der Waals surface area contributed by atoms with E-state index in [4.69, 9.17) is 0 Å². The molecule has 5 heteroatoms. The van der Waals surface area contributed by atoms with Crippen molar-refractivity contribution in [1.82, 2.24) is 4.98 Å². The molecule has 3 nitrogen and oxygen atoms in total. The molecule has 4 rings (SSSR count). The lowest BCUT2D eigenvalue weighted by Crippen LogP contribution is -2.87. The molecular weight excluding hydrogens is 370 g/mol. The van der Waals surface area contributed by atoms with Gasteiger partial charge in [-0.2, -0.15) is 0 Å². The van der Waals surface area contributed by atoms with Crippen molar-refractivity contribution in [3.05, 3.63) is 107 Å². The Morgan fingerprint density at radius 3 is 2.45 bits per heavy atom. The number of carbonyl (C=O) groups excluding carboxylic acids is 1. The smallest absolute Gasteiger partial charge is 0.226 e. The van der Waals surface area contributed by atoms with Gasteiger partial charge in [-0.05, 0) is 25.1 Å². The summed E-state index contributed by atoms with van der Waals surface area (Å²) >= 11 is 0. The Kier molecular flexibility index (Phi) is 5.23. The van der Waals surface area contributed by atoms with Crippen molar-refractivity contribution in [2.75, 3.05) is 0 Å². The third kappa shape index (κ3) is 3.82. The lowest BCUT2D eigenvalue weighted by atomic mass is 9.95. The highest BCUT2D eigenvalue weighted by Gasteiger charge is 2.30. The lowest BCUT2D eigenvalue weighted by Gasteiger charge is -2.20. The number of nitrogens with one attached hydrogen (secondary N) is 1. The minimum Gasteiger partial charge on any atom is -0.360 e. The first-order chi connectivity index (χ1) is 14.0. The summed E-state index contributed by atoms with van der Waals surface area (Å²) in [5.41, 5.74) is 2.67. The minimum atomic E-state index is -0.618. The number of rotatable bonds is 6. The zero-order chi connectivity index (χ0) is 20.4. The van der Waals surface area contributed by atoms with E-state index in [9.17, 15) is 13.6 Å². The Bertz CT molecular complexity index is 1150. The Labute approximate surface area is 167 Å². The van der Waals surface area contributed by atoms with Gasteiger partial charge in [0.1, 0.15) is 17.7 Å². The van der Waals surface area contributed by atoms with Gasteiger partial charge < -0.3 is 10.3 Å². The van der Waals surface area contributed by atoms with Gasteiger partial charge in [-0.25, -0.2) is 8.78 Å². The first-order valence-electron chi connectivity index (χ1n) is 9.50. The van der Waals surface area contributed by atoms with Gasteiger partial charge >= 0.3 is 0 Å². The van der Waals surface area contributed by atoms with Crippen molar-refractivity contribution < 1.29 is 18.9 Å². The van der Waals surface area contributed by atoms with E-state index in [1.807, 2.05) is 66.8 Å². The Hall–Kier alpha value is -3.31. The van der Waals surface area contributed by atoms with E-state index in [2.05, 4.69) is 4.98 Å². The number of carbonyl (C=O) groups is 1. The van der Waals surface area contributed by atoms with E-state index in [1.165, 1.54) is 12.1 Å². The standard InChI is InChI=1S/C24H20F2N2O/c1-15(18-12-11-17(25)13-21(18)26)28-23(16-7-3-2-4-8-16)24(29)20-14-27-22-10-6-5-9-19(20)22/h2-15,23,27-28H,1H3/p+1/t15-,23+/m0/s1. The van der Waals surface area contributed by atoms with Crippen LogP contribution in [-0.2, 0) is 0 Å². The average Bonchev–Trinajstić information content (AvgIpc) is 3.16. The van der Waals surface area contributed by atoms with Crippen LogP contribution >= 0.6 is 0 Å². The Morgan fingerprint density at radius 1 is 0.966 bits per heavy atom. The summed E-state index contributed by atoms with van der Waals surface area (Å²) in [5.74, 6) is -1.30. The molecule has 0 fully saturated rings. The van der Waals surface area contributed by atoms with Gasteiger partial charge in [-0.1, -0.05) is 48.5 Å².